The molecule has 16 N–H and O–H groups in total. The first-order valence-corrected chi connectivity index (χ1v) is 21.6. The van der Waals surface area contributed by atoms with Crippen molar-refractivity contribution in [3.63, 3.8) is 0 Å². The van der Waals surface area contributed by atoms with E-state index in [1.54, 1.807) is 0 Å². The number of amides is 2. The van der Waals surface area contributed by atoms with Crippen molar-refractivity contribution in [1.29, 1.82) is 0 Å². The number of ether oxygens (including phenoxy) is 8. The lowest BCUT2D eigenvalue weighted by molar-refractivity contribution is -0.354. The van der Waals surface area contributed by atoms with Crippen LogP contribution in [-0.2, 0) is 37.9 Å². The van der Waals surface area contributed by atoms with Gasteiger partial charge < -0.3 is 120 Å². The van der Waals surface area contributed by atoms with E-state index < -0.39 is 161 Å². The Kier molecular flexibility index (Phi) is 22.9. The molecule has 0 saturated carbocycles. The molecule has 4 heterocycles. The molecule has 0 aliphatic carbocycles. The second-order valence-corrected chi connectivity index (χ2v) is 16.2. The van der Waals surface area contributed by atoms with Crippen LogP contribution in [0.1, 0.15) is 64.2 Å². The standard InChI is InChI=1S/C38H68N2O24/c41-13-17-21(45)23(47)27(51)33(57-17)61-31-19(15-43)59-35(29(53)25(31)49)63-37(55)39-11-9-7-5-3-1-2-4-6-8-10-12-40-38(56)64-36-30(54)26(50)32(20(16-44)60-36)62-34-28(52)24(48)22(46)18(14-42)58-34/h17-36,41-54H,1-16H2,(H,39,55)(H,40,56)/t17-,18-,19-,20-,21+,22+,23+,24+,25-,26-,27-,28-,29-,30-,31-,32-,33+,34+,35+,36+/m1/s1. The molecule has 26 nitrogen and oxygen atoms in total. The van der Waals surface area contributed by atoms with Crippen LogP contribution in [0.25, 0.3) is 0 Å². The number of unbranched alkanes of at least 4 members (excludes halogenated alkanes) is 9. The molecule has 374 valence electrons. The molecule has 2 amide bonds. The molecule has 0 aromatic rings. The van der Waals surface area contributed by atoms with Gasteiger partial charge in [0.05, 0.1) is 26.4 Å². The Morgan fingerprint density at radius 2 is 0.641 bits per heavy atom. The third-order valence-corrected chi connectivity index (χ3v) is 11.5. The van der Waals surface area contributed by atoms with Crippen molar-refractivity contribution < 1.29 is 119 Å². The minimum absolute atomic E-state index is 0.251. The van der Waals surface area contributed by atoms with Crippen LogP contribution in [0.5, 0.6) is 0 Å². The number of carbonyl (C=O) groups is 2. The van der Waals surface area contributed by atoms with Gasteiger partial charge in [0.25, 0.3) is 0 Å². The van der Waals surface area contributed by atoms with E-state index in [1.165, 1.54) is 0 Å². The van der Waals surface area contributed by atoms with E-state index >= 15 is 0 Å². The molecule has 0 aromatic heterocycles. The second kappa shape index (κ2) is 26.9. The fourth-order valence-corrected chi connectivity index (χ4v) is 7.64. The molecule has 0 unspecified atom stereocenters. The smallest absolute Gasteiger partial charge is 0.409 e. The maximum atomic E-state index is 12.4. The maximum absolute atomic E-state index is 12.4. The van der Waals surface area contributed by atoms with Crippen LogP contribution < -0.4 is 10.6 Å². The van der Waals surface area contributed by atoms with Crippen LogP contribution in [0.2, 0.25) is 0 Å². The van der Waals surface area contributed by atoms with Gasteiger partial charge in [-0.3, -0.25) is 0 Å². The third kappa shape index (κ3) is 14.6. The summed E-state index contributed by atoms with van der Waals surface area (Å²) in [6, 6.07) is 0. The number of carbonyl (C=O) groups excluding carboxylic acids is 2. The van der Waals surface area contributed by atoms with Crippen molar-refractivity contribution in [3.05, 3.63) is 0 Å². The average molecular weight is 937 g/mol. The van der Waals surface area contributed by atoms with Gasteiger partial charge in [-0.1, -0.05) is 51.4 Å². The Morgan fingerprint density at radius 3 is 0.953 bits per heavy atom. The molecular formula is C38H68N2O24. The van der Waals surface area contributed by atoms with Gasteiger partial charge in [-0.15, -0.1) is 0 Å². The molecule has 4 saturated heterocycles. The van der Waals surface area contributed by atoms with E-state index in [1.807, 2.05) is 0 Å². The average Bonchev–Trinajstić information content (AvgIpc) is 3.28. The molecule has 0 spiro atoms. The monoisotopic (exact) mass is 936 g/mol. The van der Waals surface area contributed by atoms with E-state index in [2.05, 4.69) is 10.6 Å². The molecule has 4 fully saturated rings. The normalized spacial score (nSPS) is 40.4. The van der Waals surface area contributed by atoms with Crippen LogP contribution in [-0.4, -0.2) is 246 Å². The second-order valence-electron chi connectivity index (χ2n) is 16.2. The Bertz CT molecular complexity index is 1260. The predicted octanol–water partition coefficient (Wildman–Crippen LogP) is -6.41. The Hall–Kier alpha value is -2.26. The molecule has 64 heavy (non-hydrogen) atoms. The first kappa shape index (κ1) is 54.3. The van der Waals surface area contributed by atoms with E-state index in [4.69, 9.17) is 37.9 Å². The number of nitrogens with one attached hydrogen (secondary N) is 2. The molecule has 4 rings (SSSR count). The minimum atomic E-state index is -1.85. The molecule has 0 bridgehead atoms. The number of aliphatic hydroxyl groups excluding tert-OH is 14. The van der Waals surface area contributed by atoms with Crippen LogP contribution in [0, 0.1) is 0 Å². The molecule has 20 atom stereocenters. The fourth-order valence-electron chi connectivity index (χ4n) is 7.64. The third-order valence-electron chi connectivity index (χ3n) is 11.5. The number of alkyl carbamates (subject to hydrolysis) is 2. The van der Waals surface area contributed by atoms with Crippen LogP contribution >= 0.6 is 0 Å². The highest BCUT2D eigenvalue weighted by atomic mass is 16.8. The van der Waals surface area contributed by atoms with Gasteiger partial charge in [0.1, 0.15) is 97.7 Å². The van der Waals surface area contributed by atoms with Crippen LogP contribution in [0.4, 0.5) is 9.59 Å². The van der Waals surface area contributed by atoms with E-state index in [9.17, 15) is 81.1 Å². The van der Waals surface area contributed by atoms with Crippen molar-refractivity contribution in [1.82, 2.24) is 10.6 Å². The first-order chi connectivity index (χ1) is 30.6. The van der Waals surface area contributed by atoms with Crippen molar-refractivity contribution in [2.45, 2.75) is 187 Å². The number of hydrogen-bond donors (Lipinski definition) is 16. The van der Waals surface area contributed by atoms with Crippen molar-refractivity contribution >= 4 is 12.2 Å². The zero-order valence-electron chi connectivity index (χ0n) is 35.2. The SMILES string of the molecule is O=C(NCCCCCCCCCCCCNC(=O)O[C@@H]1O[C@H](CO)[C@@H](O[C@@H]2O[C@H](CO)[C@H](O)[C@H](O)[C@H]2O)[C@H](O)[C@H]1O)O[C@@H]1O[C@H](CO)[C@@H](O[C@@H]2O[C@H](CO)[C@H](O)[C@H](O)[C@H]2O)[C@H](O)[C@H]1O. The summed E-state index contributed by atoms with van der Waals surface area (Å²) in [7, 11) is 0. The van der Waals surface area contributed by atoms with E-state index in [0.717, 1.165) is 51.4 Å². The summed E-state index contributed by atoms with van der Waals surface area (Å²) in [5.74, 6) is 0. The minimum Gasteiger partial charge on any atom is -0.417 e. The summed E-state index contributed by atoms with van der Waals surface area (Å²) < 4.78 is 42.6. The van der Waals surface area contributed by atoms with Crippen LogP contribution in [0.3, 0.4) is 0 Å². The molecule has 0 radical (unpaired) electrons. The molecular weight excluding hydrogens is 868 g/mol. The van der Waals surface area contributed by atoms with Gasteiger partial charge in [0, 0.05) is 13.1 Å². The van der Waals surface area contributed by atoms with Gasteiger partial charge in [-0.25, -0.2) is 9.59 Å². The van der Waals surface area contributed by atoms with Gasteiger partial charge in [0.15, 0.2) is 12.6 Å². The Labute approximate surface area is 368 Å². The van der Waals surface area contributed by atoms with Crippen LogP contribution in [0.15, 0.2) is 0 Å². The van der Waals surface area contributed by atoms with Crippen molar-refractivity contribution in [2.24, 2.45) is 0 Å². The van der Waals surface area contributed by atoms with E-state index in [0.29, 0.717) is 12.8 Å². The summed E-state index contributed by atoms with van der Waals surface area (Å²) in [5.41, 5.74) is 0. The zero-order chi connectivity index (χ0) is 47.1. The number of rotatable bonds is 23. The molecule has 26 heteroatoms. The highest BCUT2D eigenvalue weighted by Crippen LogP contribution is 2.31. The fraction of sp³-hybridized carbons (Fsp3) is 0.947. The first-order valence-electron chi connectivity index (χ1n) is 21.6. The lowest BCUT2D eigenvalue weighted by Gasteiger charge is -2.45. The summed E-state index contributed by atoms with van der Waals surface area (Å²) >= 11 is 0. The summed E-state index contributed by atoms with van der Waals surface area (Å²) in [4.78, 5) is 24.8. The largest absolute Gasteiger partial charge is 0.417 e. The zero-order valence-corrected chi connectivity index (χ0v) is 35.2. The van der Waals surface area contributed by atoms with Gasteiger partial charge >= 0.3 is 12.2 Å². The highest BCUT2D eigenvalue weighted by molar-refractivity contribution is 5.67. The summed E-state index contributed by atoms with van der Waals surface area (Å²) in [6.45, 7) is -2.52. The summed E-state index contributed by atoms with van der Waals surface area (Å²) in [6.07, 6.45) is -26.3. The predicted molar refractivity (Wildman–Crippen MR) is 208 cm³/mol. The number of hydrogen-bond acceptors (Lipinski definition) is 24. The molecule has 0 aromatic carbocycles. The van der Waals surface area contributed by atoms with Gasteiger partial charge in [-0.05, 0) is 12.8 Å². The molecule has 4 aliphatic rings. The molecule has 4 aliphatic heterocycles. The Balaban J connectivity index is 1.00. The lowest BCUT2D eigenvalue weighted by Crippen LogP contribution is -2.65. The quantitative estimate of drug-likeness (QED) is 0.0424. The van der Waals surface area contributed by atoms with Gasteiger partial charge in [0.2, 0.25) is 12.6 Å². The maximum Gasteiger partial charge on any atom is 0.409 e. The highest BCUT2D eigenvalue weighted by Gasteiger charge is 2.53. The summed E-state index contributed by atoms with van der Waals surface area (Å²) in [5, 5.41) is 146. The van der Waals surface area contributed by atoms with Crippen molar-refractivity contribution in [2.75, 3.05) is 39.5 Å². The van der Waals surface area contributed by atoms with Gasteiger partial charge in [-0.2, -0.15) is 0 Å². The number of aliphatic hydroxyl groups is 14. The van der Waals surface area contributed by atoms with Crippen molar-refractivity contribution in [3.8, 4) is 0 Å². The van der Waals surface area contributed by atoms with E-state index in [-0.39, 0.29) is 13.1 Å². The lowest BCUT2D eigenvalue weighted by atomic mass is 9.97. The topological polar surface area (TPSA) is 415 Å². The Morgan fingerprint density at radius 1 is 0.359 bits per heavy atom.